The van der Waals surface area contributed by atoms with E-state index in [0.717, 1.165) is 28.6 Å². The fourth-order valence-corrected chi connectivity index (χ4v) is 3.36. The molecule has 3 rings (SSSR count). The molecule has 2 aromatic rings. The zero-order valence-corrected chi connectivity index (χ0v) is 14.7. The molecule has 1 saturated heterocycles. The zero-order valence-electron chi connectivity index (χ0n) is 13.9. The van der Waals surface area contributed by atoms with Crippen LogP contribution in [-0.4, -0.2) is 22.7 Å². The molecule has 2 amide bonds. The SMILES string of the molecule is Cc1ccc(NCN2C(=O)S/C(=C\c3ccc(F)cc3)C2=O)c(C)c1. The number of thioether (sulfide) groups is 1. The Kier molecular flexibility index (Phi) is 4.90. The van der Waals surface area contributed by atoms with Crippen LogP contribution in [0.2, 0.25) is 0 Å². The predicted octanol–water partition coefficient (Wildman–Crippen LogP) is 4.55. The van der Waals surface area contributed by atoms with Crippen LogP contribution in [0.5, 0.6) is 0 Å². The summed E-state index contributed by atoms with van der Waals surface area (Å²) < 4.78 is 13.0. The van der Waals surface area contributed by atoms with Gasteiger partial charge in [0, 0.05) is 5.69 Å². The number of hydrogen-bond acceptors (Lipinski definition) is 4. The summed E-state index contributed by atoms with van der Waals surface area (Å²) in [4.78, 5) is 26.1. The first kappa shape index (κ1) is 17.2. The summed E-state index contributed by atoms with van der Waals surface area (Å²) in [5.41, 5.74) is 3.76. The second-order valence-corrected chi connectivity index (χ2v) is 6.81. The van der Waals surface area contributed by atoms with Crippen molar-refractivity contribution in [2.24, 2.45) is 0 Å². The minimum Gasteiger partial charge on any atom is -0.367 e. The van der Waals surface area contributed by atoms with E-state index in [4.69, 9.17) is 0 Å². The Morgan fingerprint density at radius 2 is 1.84 bits per heavy atom. The van der Waals surface area contributed by atoms with Crippen molar-refractivity contribution in [3.8, 4) is 0 Å². The fraction of sp³-hybridized carbons (Fsp3) is 0.158. The molecule has 0 atom stereocenters. The van der Waals surface area contributed by atoms with Crippen molar-refractivity contribution >= 4 is 34.7 Å². The largest absolute Gasteiger partial charge is 0.367 e. The maximum absolute atomic E-state index is 13.0. The van der Waals surface area contributed by atoms with E-state index in [2.05, 4.69) is 5.32 Å². The molecule has 1 N–H and O–H groups in total. The number of halogens is 1. The van der Waals surface area contributed by atoms with Crippen LogP contribution in [0.1, 0.15) is 16.7 Å². The molecule has 1 heterocycles. The lowest BCUT2D eigenvalue weighted by Gasteiger charge is -2.16. The Labute approximate surface area is 149 Å². The molecule has 0 bridgehead atoms. The molecule has 25 heavy (non-hydrogen) atoms. The average Bonchev–Trinajstić information content (AvgIpc) is 2.83. The summed E-state index contributed by atoms with van der Waals surface area (Å²) in [6.45, 7) is 4.08. The summed E-state index contributed by atoms with van der Waals surface area (Å²) in [7, 11) is 0. The predicted molar refractivity (Wildman–Crippen MR) is 98.6 cm³/mol. The molecule has 2 aromatic carbocycles. The van der Waals surface area contributed by atoms with E-state index < -0.39 is 0 Å². The van der Waals surface area contributed by atoms with Crippen LogP contribution in [0.4, 0.5) is 14.9 Å². The molecule has 0 aromatic heterocycles. The van der Waals surface area contributed by atoms with Gasteiger partial charge in [-0.3, -0.25) is 14.5 Å². The van der Waals surface area contributed by atoms with Crippen molar-refractivity contribution in [1.82, 2.24) is 4.90 Å². The summed E-state index contributed by atoms with van der Waals surface area (Å²) in [6.07, 6.45) is 1.60. The van der Waals surface area contributed by atoms with Crippen LogP contribution >= 0.6 is 11.8 Å². The molecule has 128 valence electrons. The lowest BCUT2D eigenvalue weighted by molar-refractivity contribution is -0.122. The Morgan fingerprint density at radius 3 is 2.52 bits per heavy atom. The third kappa shape index (κ3) is 3.91. The van der Waals surface area contributed by atoms with Crippen LogP contribution in [0.15, 0.2) is 47.4 Å². The van der Waals surface area contributed by atoms with Crippen LogP contribution in [0.3, 0.4) is 0 Å². The number of carbonyl (C=O) groups is 2. The monoisotopic (exact) mass is 356 g/mol. The van der Waals surface area contributed by atoms with Gasteiger partial charge in [-0.1, -0.05) is 29.8 Å². The van der Waals surface area contributed by atoms with Crippen molar-refractivity contribution in [2.75, 3.05) is 12.0 Å². The van der Waals surface area contributed by atoms with Crippen LogP contribution in [-0.2, 0) is 4.79 Å². The van der Waals surface area contributed by atoms with E-state index in [-0.39, 0.29) is 23.6 Å². The maximum atomic E-state index is 13.0. The van der Waals surface area contributed by atoms with E-state index >= 15 is 0 Å². The third-order valence-corrected chi connectivity index (χ3v) is 4.76. The summed E-state index contributed by atoms with van der Waals surface area (Å²) in [5, 5.41) is 2.81. The molecule has 1 aliphatic rings. The van der Waals surface area contributed by atoms with Crippen LogP contribution in [0.25, 0.3) is 6.08 Å². The topological polar surface area (TPSA) is 49.4 Å². The average molecular weight is 356 g/mol. The number of benzene rings is 2. The number of anilines is 1. The van der Waals surface area contributed by atoms with E-state index in [1.165, 1.54) is 17.0 Å². The number of imide groups is 1. The lowest BCUT2D eigenvalue weighted by atomic mass is 10.1. The van der Waals surface area contributed by atoms with Crippen molar-refractivity contribution in [2.45, 2.75) is 13.8 Å². The van der Waals surface area contributed by atoms with Crippen LogP contribution in [0, 0.1) is 19.7 Å². The van der Waals surface area contributed by atoms with Gasteiger partial charge >= 0.3 is 0 Å². The molecule has 0 radical (unpaired) electrons. The zero-order chi connectivity index (χ0) is 18.0. The molecule has 1 aliphatic heterocycles. The number of amides is 2. The van der Waals surface area contributed by atoms with Gasteiger partial charge in [0.15, 0.2) is 0 Å². The molecule has 6 heteroatoms. The van der Waals surface area contributed by atoms with E-state index in [0.29, 0.717) is 10.5 Å². The number of carbonyl (C=O) groups excluding carboxylic acids is 2. The maximum Gasteiger partial charge on any atom is 0.295 e. The van der Waals surface area contributed by atoms with Gasteiger partial charge in [-0.2, -0.15) is 0 Å². The summed E-state index contributed by atoms with van der Waals surface area (Å²) in [6, 6.07) is 11.7. The number of nitrogens with one attached hydrogen (secondary N) is 1. The molecular formula is C19H17FN2O2S. The minimum atomic E-state index is -0.350. The van der Waals surface area contributed by atoms with Gasteiger partial charge < -0.3 is 5.32 Å². The summed E-state index contributed by atoms with van der Waals surface area (Å²) in [5.74, 6) is -0.695. The first-order valence-corrected chi connectivity index (χ1v) is 8.58. The molecule has 4 nitrogen and oxygen atoms in total. The van der Waals surface area contributed by atoms with Gasteiger partial charge in [0.1, 0.15) is 5.82 Å². The van der Waals surface area contributed by atoms with Gasteiger partial charge in [0.05, 0.1) is 11.6 Å². The normalized spacial score (nSPS) is 16.0. The van der Waals surface area contributed by atoms with E-state index in [1.807, 2.05) is 32.0 Å². The molecule has 1 fully saturated rings. The van der Waals surface area contributed by atoms with Crippen molar-refractivity contribution < 1.29 is 14.0 Å². The van der Waals surface area contributed by atoms with Gasteiger partial charge in [-0.05, 0) is 61.0 Å². The number of nitrogens with zero attached hydrogens (tertiary/aromatic N) is 1. The Morgan fingerprint density at radius 1 is 1.12 bits per heavy atom. The summed E-state index contributed by atoms with van der Waals surface area (Å²) >= 11 is 0.887. The van der Waals surface area contributed by atoms with Crippen molar-refractivity contribution in [3.05, 3.63) is 69.9 Å². The first-order chi connectivity index (χ1) is 11.9. The second kappa shape index (κ2) is 7.11. The number of aryl methyl sites for hydroxylation is 2. The van der Waals surface area contributed by atoms with Crippen molar-refractivity contribution in [3.63, 3.8) is 0 Å². The Bertz CT molecular complexity index is 862. The standard InChI is InChI=1S/C19H17FN2O2S/c1-12-3-8-16(13(2)9-12)21-11-22-18(23)17(25-19(22)24)10-14-4-6-15(20)7-5-14/h3-10,21H,11H2,1-2H3/b17-10-. The second-order valence-electron chi connectivity index (χ2n) is 5.81. The quantitative estimate of drug-likeness (QED) is 0.817. The molecule has 0 spiro atoms. The highest BCUT2D eigenvalue weighted by atomic mass is 32.2. The number of rotatable bonds is 4. The lowest BCUT2D eigenvalue weighted by Crippen LogP contribution is -2.33. The minimum absolute atomic E-state index is 0.106. The van der Waals surface area contributed by atoms with Crippen molar-refractivity contribution in [1.29, 1.82) is 0 Å². The molecule has 0 aliphatic carbocycles. The van der Waals surface area contributed by atoms with Gasteiger partial charge in [-0.15, -0.1) is 0 Å². The first-order valence-electron chi connectivity index (χ1n) is 7.76. The smallest absolute Gasteiger partial charge is 0.295 e. The molecule has 0 unspecified atom stereocenters. The highest BCUT2D eigenvalue weighted by Crippen LogP contribution is 2.32. The highest BCUT2D eigenvalue weighted by molar-refractivity contribution is 8.18. The molecule has 0 saturated carbocycles. The van der Waals surface area contributed by atoms with E-state index in [1.54, 1.807) is 18.2 Å². The third-order valence-electron chi connectivity index (χ3n) is 3.85. The van der Waals surface area contributed by atoms with E-state index in [9.17, 15) is 14.0 Å². The highest BCUT2D eigenvalue weighted by Gasteiger charge is 2.34. The Balaban J connectivity index is 1.72. The molecular weight excluding hydrogens is 339 g/mol. The van der Waals surface area contributed by atoms with Gasteiger partial charge in [0.2, 0.25) is 0 Å². The van der Waals surface area contributed by atoms with Gasteiger partial charge in [-0.25, -0.2) is 4.39 Å². The van der Waals surface area contributed by atoms with Crippen LogP contribution < -0.4 is 5.32 Å². The fourth-order valence-electron chi connectivity index (χ4n) is 2.52. The number of hydrogen-bond donors (Lipinski definition) is 1. The van der Waals surface area contributed by atoms with Gasteiger partial charge in [0.25, 0.3) is 11.1 Å². The Hall–Kier alpha value is -2.60.